The van der Waals surface area contributed by atoms with Gasteiger partial charge in [0.1, 0.15) is 5.75 Å². The molecule has 0 amide bonds. The van der Waals surface area contributed by atoms with E-state index in [4.69, 9.17) is 0 Å². The minimum atomic E-state index is 0.0983. The second kappa shape index (κ2) is 3.29. The van der Waals surface area contributed by atoms with Gasteiger partial charge in [0.2, 0.25) is 6.33 Å². The summed E-state index contributed by atoms with van der Waals surface area (Å²) in [7, 11) is 0. The highest BCUT2D eigenvalue weighted by molar-refractivity contribution is 5.54. The summed E-state index contributed by atoms with van der Waals surface area (Å²) in [5.74, 6) is 0.317. The van der Waals surface area contributed by atoms with Gasteiger partial charge in [-0.3, -0.25) is 0 Å². The van der Waals surface area contributed by atoms with Crippen molar-refractivity contribution in [2.45, 2.75) is 0 Å². The third kappa shape index (κ3) is 1.47. The van der Waals surface area contributed by atoms with E-state index in [1.165, 1.54) is 18.5 Å². The number of rotatable bonds is 1. The lowest BCUT2D eigenvalue weighted by atomic mass is 10.2. The van der Waals surface area contributed by atoms with E-state index in [1.54, 1.807) is 12.1 Å². The van der Waals surface area contributed by atoms with Crippen molar-refractivity contribution in [3.63, 3.8) is 0 Å². The average Bonchev–Trinajstić information content (AvgIpc) is 2.18. The molecule has 5 nitrogen and oxygen atoms in total. The lowest BCUT2D eigenvalue weighted by molar-refractivity contribution is -0.600. The Balaban J connectivity index is 2.55. The fourth-order valence-electron chi connectivity index (χ4n) is 1.14. The van der Waals surface area contributed by atoms with Gasteiger partial charge in [-0.2, -0.15) is 0 Å². The van der Waals surface area contributed by atoms with Crippen molar-refractivity contribution in [2.75, 3.05) is 0 Å². The topological polar surface area (TPSA) is 73.0 Å². The second-order valence-corrected chi connectivity index (χ2v) is 2.71. The Kier molecular flexibility index (Phi) is 1.98. The number of aromatic hydroxyl groups is 1. The molecule has 5 heteroatoms. The van der Waals surface area contributed by atoms with Crippen LogP contribution in [-0.4, -0.2) is 15.1 Å². The number of phenols is 1. The molecule has 1 aromatic carbocycles. The maximum atomic E-state index is 11.2. The van der Waals surface area contributed by atoms with Crippen LogP contribution in [-0.2, 0) is 0 Å². The minimum absolute atomic E-state index is 0.0983. The number of phenolic OH excluding ortho intramolecular Hbond substituents is 1. The lowest BCUT2D eigenvalue weighted by Gasteiger charge is -2.05. The van der Waals surface area contributed by atoms with Gasteiger partial charge in [-0.25, -0.2) is 4.73 Å². The summed E-state index contributed by atoms with van der Waals surface area (Å²) >= 11 is 0. The standard InChI is InChI=1S/C9H7N3O2/c13-8-3-1-2-7(4-8)9-11-5-10-6-12(9)14/h1-6,13H. The normalized spacial score (nSPS) is 10.0. The van der Waals surface area contributed by atoms with E-state index in [0.29, 0.717) is 10.3 Å². The Labute approximate surface area is 79.9 Å². The molecule has 1 N–H and O–H groups in total. The van der Waals surface area contributed by atoms with Crippen molar-refractivity contribution in [2.24, 2.45) is 0 Å². The van der Waals surface area contributed by atoms with Crippen LogP contribution in [0.3, 0.4) is 0 Å². The lowest BCUT2D eigenvalue weighted by Crippen LogP contribution is -2.30. The zero-order valence-electron chi connectivity index (χ0n) is 7.16. The summed E-state index contributed by atoms with van der Waals surface area (Å²) in [5.41, 5.74) is 0.558. The third-order valence-corrected chi connectivity index (χ3v) is 1.73. The van der Waals surface area contributed by atoms with Crippen LogP contribution in [0.1, 0.15) is 0 Å². The van der Waals surface area contributed by atoms with Gasteiger partial charge in [-0.15, -0.1) is 0 Å². The number of hydrogen-bond donors (Lipinski definition) is 1. The molecular formula is C9H7N3O2. The molecule has 0 aliphatic carbocycles. The summed E-state index contributed by atoms with van der Waals surface area (Å²) in [4.78, 5) is 7.39. The van der Waals surface area contributed by atoms with Crippen molar-refractivity contribution in [1.29, 1.82) is 0 Å². The molecule has 70 valence electrons. The van der Waals surface area contributed by atoms with Gasteiger partial charge in [0.15, 0.2) is 0 Å². The molecule has 0 radical (unpaired) electrons. The number of nitrogens with zero attached hydrogens (tertiary/aromatic N) is 3. The summed E-state index contributed by atoms with van der Waals surface area (Å²) in [6, 6.07) is 6.33. The molecule has 0 fully saturated rings. The highest BCUT2D eigenvalue weighted by Crippen LogP contribution is 2.17. The Hall–Kier alpha value is -2.17. The molecule has 0 saturated heterocycles. The highest BCUT2D eigenvalue weighted by atomic mass is 16.5. The summed E-state index contributed by atoms with van der Waals surface area (Å²) in [6.45, 7) is 0. The van der Waals surface area contributed by atoms with E-state index in [9.17, 15) is 10.3 Å². The van der Waals surface area contributed by atoms with Crippen molar-refractivity contribution >= 4 is 0 Å². The summed E-state index contributed by atoms with van der Waals surface area (Å²) in [5, 5.41) is 20.5. The summed E-state index contributed by atoms with van der Waals surface area (Å²) in [6.07, 6.45) is 2.40. The van der Waals surface area contributed by atoms with Gasteiger partial charge in [0.05, 0.1) is 5.56 Å². The van der Waals surface area contributed by atoms with Crippen LogP contribution in [0.15, 0.2) is 36.9 Å². The molecule has 0 atom stereocenters. The molecule has 0 aliphatic rings. The zero-order valence-corrected chi connectivity index (χ0v) is 7.16. The van der Waals surface area contributed by atoms with E-state index in [-0.39, 0.29) is 11.6 Å². The SMILES string of the molecule is [O-][n+]1cncnc1-c1cccc(O)c1. The predicted molar refractivity (Wildman–Crippen MR) is 48.1 cm³/mol. The van der Waals surface area contributed by atoms with Crippen molar-refractivity contribution < 1.29 is 9.84 Å². The largest absolute Gasteiger partial charge is 0.740 e. The molecule has 14 heavy (non-hydrogen) atoms. The van der Waals surface area contributed by atoms with E-state index in [2.05, 4.69) is 9.97 Å². The van der Waals surface area contributed by atoms with Crippen LogP contribution >= 0.6 is 0 Å². The van der Waals surface area contributed by atoms with Crippen molar-refractivity contribution in [3.05, 3.63) is 42.1 Å². The van der Waals surface area contributed by atoms with Crippen LogP contribution < -0.4 is 4.73 Å². The molecule has 0 bridgehead atoms. The van der Waals surface area contributed by atoms with E-state index >= 15 is 0 Å². The first kappa shape index (κ1) is 8.43. The van der Waals surface area contributed by atoms with Gasteiger partial charge >= 0.3 is 0 Å². The second-order valence-electron chi connectivity index (χ2n) is 2.71. The molecular weight excluding hydrogens is 182 g/mol. The van der Waals surface area contributed by atoms with Crippen LogP contribution in [0.5, 0.6) is 5.75 Å². The zero-order chi connectivity index (χ0) is 9.97. The molecule has 0 aliphatic heterocycles. The first-order valence-corrected chi connectivity index (χ1v) is 3.96. The fraction of sp³-hybridized carbons (Fsp3) is 0. The number of aromatic nitrogens is 3. The summed E-state index contributed by atoms with van der Waals surface area (Å²) < 4.78 is 0.550. The maximum Gasteiger partial charge on any atom is 0.273 e. The molecule has 0 unspecified atom stereocenters. The maximum absolute atomic E-state index is 11.2. The predicted octanol–water partition coefficient (Wildman–Crippen LogP) is 0.483. The Morgan fingerprint density at radius 2 is 2.21 bits per heavy atom. The molecule has 1 heterocycles. The van der Waals surface area contributed by atoms with E-state index in [1.807, 2.05) is 0 Å². The Morgan fingerprint density at radius 3 is 2.93 bits per heavy atom. The molecule has 2 rings (SSSR count). The van der Waals surface area contributed by atoms with Gasteiger partial charge in [0.25, 0.3) is 12.2 Å². The van der Waals surface area contributed by atoms with Crippen LogP contribution in [0, 0.1) is 5.21 Å². The number of hydrogen-bond acceptors (Lipinski definition) is 4. The van der Waals surface area contributed by atoms with E-state index in [0.717, 1.165) is 6.33 Å². The van der Waals surface area contributed by atoms with Crippen molar-refractivity contribution in [3.8, 4) is 17.1 Å². The highest BCUT2D eigenvalue weighted by Gasteiger charge is 2.07. The first-order chi connectivity index (χ1) is 6.77. The van der Waals surface area contributed by atoms with Crippen molar-refractivity contribution in [1.82, 2.24) is 9.97 Å². The Morgan fingerprint density at radius 1 is 1.36 bits per heavy atom. The Bertz CT molecular complexity index is 459. The molecule has 1 aromatic heterocycles. The molecule has 2 aromatic rings. The first-order valence-electron chi connectivity index (χ1n) is 3.96. The van der Waals surface area contributed by atoms with Gasteiger partial charge in [-0.05, 0) is 18.2 Å². The van der Waals surface area contributed by atoms with Crippen LogP contribution in [0.25, 0.3) is 11.4 Å². The quantitative estimate of drug-likeness (QED) is 0.523. The minimum Gasteiger partial charge on any atom is -0.740 e. The van der Waals surface area contributed by atoms with Crippen LogP contribution in [0.4, 0.5) is 0 Å². The number of benzene rings is 1. The average molecular weight is 189 g/mol. The van der Waals surface area contributed by atoms with Crippen LogP contribution in [0.2, 0.25) is 0 Å². The van der Waals surface area contributed by atoms with Gasteiger partial charge < -0.3 is 10.3 Å². The van der Waals surface area contributed by atoms with Gasteiger partial charge in [0, 0.05) is 0 Å². The monoisotopic (exact) mass is 189 g/mol. The molecule has 0 saturated carbocycles. The third-order valence-electron chi connectivity index (χ3n) is 1.73. The smallest absolute Gasteiger partial charge is 0.273 e. The van der Waals surface area contributed by atoms with E-state index < -0.39 is 0 Å². The molecule has 0 spiro atoms. The fourth-order valence-corrected chi connectivity index (χ4v) is 1.14. The van der Waals surface area contributed by atoms with Gasteiger partial charge in [-0.1, -0.05) is 16.0 Å².